The summed E-state index contributed by atoms with van der Waals surface area (Å²) in [5, 5.41) is 2.77. The predicted octanol–water partition coefficient (Wildman–Crippen LogP) is 3.19. The van der Waals surface area contributed by atoms with Crippen molar-refractivity contribution in [2.24, 2.45) is 0 Å². The Hall–Kier alpha value is -1.48. The Labute approximate surface area is 99.0 Å². The zero-order valence-electron chi connectivity index (χ0n) is 9.36. The van der Waals surface area contributed by atoms with Crippen LogP contribution in [-0.2, 0) is 6.42 Å². The second-order valence-corrected chi connectivity index (χ2v) is 4.88. The van der Waals surface area contributed by atoms with Crippen LogP contribution in [0.3, 0.4) is 0 Å². The molecule has 0 amide bonds. The molecular formula is C13H13NOS. The SMILES string of the molecule is Cc1cc(C)cc(C(=O)Cc2nccs2)c1. The number of rotatable bonds is 3. The highest BCUT2D eigenvalue weighted by Gasteiger charge is 2.09. The summed E-state index contributed by atoms with van der Waals surface area (Å²) < 4.78 is 0. The van der Waals surface area contributed by atoms with Crippen LogP contribution in [0.5, 0.6) is 0 Å². The van der Waals surface area contributed by atoms with Crippen molar-refractivity contribution in [3.05, 3.63) is 51.5 Å². The average Bonchev–Trinajstić information content (AvgIpc) is 2.68. The largest absolute Gasteiger partial charge is 0.294 e. The van der Waals surface area contributed by atoms with E-state index in [0.717, 1.165) is 21.7 Å². The van der Waals surface area contributed by atoms with E-state index in [2.05, 4.69) is 11.1 Å². The second-order valence-electron chi connectivity index (χ2n) is 3.90. The second kappa shape index (κ2) is 4.58. The van der Waals surface area contributed by atoms with Gasteiger partial charge in [-0.15, -0.1) is 11.3 Å². The number of Topliss-reactive ketones (excluding diaryl/α,β-unsaturated/α-hetero) is 1. The molecule has 0 unspecified atom stereocenters. The number of benzene rings is 1. The lowest BCUT2D eigenvalue weighted by molar-refractivity contribution is 0.0992. The van der Waals surface area contributed by atoms with Crippen molar-refractivity contribution < 1.29 is 4.79 Å². The van der Waals surface area contributed by atoms with Gasteiger partial charge < -0.3 is 0 Å². The van der Waals surface area contributed by atoms with Gasteiger partial charge in [0, 0.05) is 17.1 Å². The first-order valence-electron chi connectivity index (χ1n) is 5.15. The molecule has 1 aromatic carbocycles. The fourth-order valence-electron chi connectivity index (χ4n) is 1.72. The van der Waals surface area contributed by atoms with E-state index in [1.165, 1.54) is 11.3 Å². The van der Waals surface area contributed by atoms with Gasteiger partial charge >= 0.3 is 0 Å². The number of nitrogens with zero attached hydrogens (tertiary/aromatic N) is 1. The van der Waals surface area contributed by atoms with Crippen LogP contribution in [0.25, 0.3) is 0 Å². The number of thiazole rings is 1. The monoisotopic (exact) mass is 231 g/mol. The molecule has 0 saturated carbocycles. The molecule has 2 rings (SSSR count). The number of aryl methyl sites for hydroxylation is 2. The summed E-state index contributed by atoms with van der Waals surface area (Å²) in [4.78, 5) is 16.1. The highest BCUT2D eigenvalue weighted by atomic mass is 32.1. The van der Waals surface area contributed by atoms with Crippen molar-refractivity contribution >= 4 is 17.1 Å². The Bertz CT molecular complexity index is 482. The maximum Gasteiger partial charge on any atom is 0.169 e. The Morgan fingerprint density at radius 2 is 1.94 bits per heavy atom. The van der Waals surface area contributed by atoms with E-state index < -0.39 is 0 Å². The topological polar surface area (TPSA) is 30.0 Å². The van der Waals surface area contributed by atoms with Gasteiger partial charge in [-0.25, -0.2) is 4.98 Å². The van der Waals surface area contributed by atoms with Crippen molar-refractivity contribution in [1.82, 2.24) is 4.98 Å². The average molecular weight is 231 g/mol. The summed E-state index contributed by atoms with van der Waals surface area (Å²) in [5.41, 5.74) is 3.04. The zero-order valence-corrected chi connectivity index (χ0v) is 10.2. The Morgan fingerprint density at radius 3 is 2.50 bits per heavy atom. The van der Waals surface area contributed by atoms with Crippen molar-refractivity contribution in [3.63, 3.8) is 0 Å². The highest BCUT2D eigenvalue weighted by Crippen LogP contribution is 2.13. The van der Waals surface area contributed by atoms with Crippen LogP contribution >= 0.6 is 11.3 Å². The molecule has 0 aliphatic carbocycles. The predicted molar refractivity (Wildman–Crippen MR) is 66.1 cm³/mol. The molecular weight excluding hydrogens is 218 g/mol. The molecule has 1 aromatic heterocycles. The minimum absolute atomic E-state index is 0.141. The van der Waals surface area contributed by atoms with Gasteiger partial charge in [0.05, 0.1) is 6.42 Å². The van der Waals surface area contributed by atoms with Gasteiger partial charge in [0.15, 0.2) is 5.78 Å². The van der Waals surface area contributed by atoms with Gasteiger partial charge in [0.1, 0.15) is 5.01 Å². The van der Waals surface area contributed by atoms with E-state index in [1.807, 2.05) is 31.4 Å². The van der Waals surface area contributed by atoms with Crippen LogP contribution in [0.4, 0.5) is 0 Å². The van der Waals surface area contributed by atoms with Crippen LogP contribution in [0.2, 0.25) is 0 Å². The fourth-order valence-corrected chi connectivity index (χ4v) is 2.33. The van der Waals surface area contributed by atoms with Crippen LogP contribution in [0.15, 0.2) is 29.8 Å². The molecule has 16 heavy (non-hydrogen) atoms. The Balaban J connectivity index is 2.21. The summed E-state index contributed by atoms with van der Waals surface area (Å²) >= 11 is 1.52. The van der Waals surface area contributed by atoms with Crippen LogP contribution in [0, 0.1) is 13.8 Å². The lowest BCUT2D eigenvalue weighted by atomic mass is 10.0. The smallest absolute Gasteiger partial charge is 0.169 e. The van der Waals surface area contributed by atoms with Crippen LogP contribution in [0.1, 0.15) is 26.5 Å². The Kier molecular flexibility index (Phi) is 3.15. The number of aromatic nitrogens is 1. The number of ketones is 1. The number of hydrogen-bond donors (Lipinski definition) is 0. The van der Waals surface area contributed by atoms with E-state index in [1.54, 1.807) is 6.20 Å². The number of carbonyl (C=O) groups is 1. The van der Waals surface area contributed by atoms with Gasteiger partial charge in [0.2, 0.25) is 0 Å². The molecule has 2 aromatic rings. The van der Waals surface area contributed by atoms with Gasteiger partial charge in [-0.1, -0.05) is 17.2 Å². The van der Waals surface area contributed by atoms with Crippen molar-refractivity contribution in [3.8, 4) is 0 Å². The normalized spacial score (nSPS) is 10.4. The summed E-state index contributed by atoms with van der Waals surface area (Å²) in [6, 6.07) is 5.94. The van der Waals surface area contributed by atoms with Gasteiger partial charge in [0.25, 0.3) is 0 Å². The molecule has 0 N–H and O–H groups in total. The standard InChI is InChI=1S/C13H13NOS/c1-9-5-10(2)7-11(6-9)12(15)8-13-14-3-4-16-13/h3-7H,8H2,1-2H3. The van der Waals surface area contributed by atoms with Gasteiger partial charge in [-0.05, 0) is 26.0 Å². The molecule has 0 atom stereocenters. The first kappa shape index (κ1) is 11.0. The van der Waals surface area contributed by atoms with E-state index in [0.29, 0.717) is 6.42 Å². The first-order chi connectivity index (χ1) is 7.65. The third-order valence-electron chi connectivity index (χ3n) is 2.34. The lowest BCUT2D eigenvalue weighted by Crippen LogP contribution is -2.04. The van der Waals surface area contributed by atoms with E-state index in [-0.39, 0.29) is 5.78 Å². The van der Waals surface area contributed by atoms with Gasteiger partial charge in [-0.2, -0.15) is 0 Å². The minimum atomic E-state index is 0.141. The third kappa shape index (κ3) is 2.55. The molecule has 0 radical (unpaired) electrons. The fraction of sp³-hybridized carbons (Fsp3) is 0.231. The summed E-state index contributed by atoms with van der Waals surface area (Å²) in [6.07, 6.45) is 2.13. The highest BCUT2D eigenvalue weighted by molar-refractivity contribution is 7.09. The first-order valence-corrected chi connectivity index (χ1v) is 6.03. The lowest BCUT2D eigenvalue weighted by Gasteiger charge is -2.02. The summed E-state index contributed by atoms with van der Waals surface area (Å²) in [7, 11) is 0. The van der Waals surface area contributed by atoms with Crippen molar-refractivity contribution in [1.29, 1.82) is 0 Å². The molecule has 0 aliphatic heterocycles. The molecule has 0 bridgehead atoms. The van der Waals surface area contributed by atoms with E-state index in [4.69, 9.17) is 0 Å². The molecule has 0 aliphatic rings. The quantitative estimate of drug-likeness (QED) is 0.759. The van der Waals surface area contributed by atoms with E-state index >= 15 is 0 Å². The van der Waals surface area contributed by atoms with Crippen LogP contribution in [-0.4, -0.2) is 10.8 Å². The third-order valence-corrected chi connectivity index (χ3v) is 3.12. The molecule has 2 nitrogen and oxygen atoms in total. The molecule has 1 heterocycles. The Morgan fingerprint density at radius 1 is 1.25 bits per heavy atom. The summed E-state index contributed by atoms with van der Waals surface area (Å²) in [6.45, 7) is 4.01. The molecule has 82 valence electrons. The molecule has 0 spiro atoms. The van der Waals surface area contributed by atoms with Gasteiger partial charge in [-0.3, -0.25) is 4.79 Å². The number of carbonyl (C=O) groups excluding carboxylic acids is 1. The molecule has 0 fully saturated rings. The number of hydrogen-bond acceptors (Lipinski definition) is 3. The molecule has 0 saturated heterocycles. The maximum absolute atomic E-state index is 12.0. The molecule has 3 heteroatoms. The zero-order chi connectivity index (χ0) is 11.5. The van der Waals surface area contributed by atoms with Crippen molar-refractivity contribution in [2.45, 2.75) is 20.3 Å². The van der Waals surface area contributed by atoms with Crippen LogP contribution < -0.4 is 0 Å². The van der Waals surface area contributed by atoms with Crippen molar-refractivity contribution in [2.75, 3.05) is 0 Å². The van der Waals surface area contributed by atoms with E-state index in [9.17, 15) is 4.79 Å². The maximum atomic E-state index is 12.0. The summed E-state index contributed by atoms with van der Waals surface area (Å²) in [5.74, 6) is 0.141. The minimum Gasteiger partial charge on any atom is -0.294 e.